The standard InChI is InChI=1S/C25H25N5O/c31-25(26-17-9-10-17)19-15-23(27-20-6-2-1-5-18(19)20)30-13-11-16(12-14-30)24-28-21-7-3-4-8-22(21)29-24/h1-8,15-17H,9-14H2,(H,26,31)(H,28,29). The Labute approximate surface area is 180 Å². The molecular formula is C25H25N5O. The number of H-pyrrole nitrogens is 1. The van der Waals surface area contributed by atoms with Gasteiger partial charge < -0.3 is 15.2 Å². The van der Waals surface area contributed by atoms with Gasteiger partial charge in [0.05, 0.1) is 22.1 Å². The lowest BCUT2D eigenvalue weighted by Crippen LogP contribution is -2.34. The zero-order chi connectivity index (χ0) is 20.8. The number of anilines is 1. The van der Waals surface area contributed by atoms with E-state index >= 15 is 0 Å². The molecule has 0 radical (unpaired) electrons. The molecule has 2 aromatic heterocycles. The third-order valence-corrected chi connectivity index (χ3v) is 6.47. The minimum atomic E-state index is 0.0134. The molecule has 6 heteroatoms. The van der Waals surface area contributed by atoms with Crippen molar-refractivity contribution in [1.29, 1.82) is 0 Å². The smallest absolute Gasteiger partial charge is 0.252 e. The highest BCUT2D eigenvalue weighted by molar-refractivity contribution is 6.07. The molecule has 31 heavy (non-hydrogen) atoms. The Kier molecular flexibility index (Phi) is 4.37. The molecule has 2 N–H and O–H groups in total. The molecule has 0 unspecified atom stereocenters. The minimum absolute atomic E-state index is 0.0134. The van der Waals surface area contributed by atoms with E-state index in [0.29, 0.717) is 12.0 Å². The van der Waals surface area contributed by atoms with Crippen molar-refractivity contribution >= 4 is 33.7 Å². The normalized spacial score (nSPS) is 17.4. The number of amides is 1. The highest BCUT2D eigenvalue weighted by Gasteiger charge is 2.27. The molecule has 0 atom stereocenters. The second-order valence-electron chi connectivity index (χ2n) is 8.69. The Balaban J connectivity index is 1.25. The van der Waals surface area contributed by atoms with E-state index < -0.39 is 0 Å². The fourth-order valence-electron chi connectivity index (χ4n) is 4.55. The van der Waals surface area contributed by atoms with E-state index in [1.807, 2.05) is 42.5 Å². The van der Waals surface area contributed by atoms with Crippen LogP contribution in [0.3, 0.4) is 0 Å². The first-order valence-corrected chi connectivity index (χ1v) is 11.1. The first kappa shape index (κ1) is 18.4. The summed E-state index contributed by atoms with van der Waals surface area (Å²) in [5.41, 5.74) is 3.73. The van der Waals surface area contributed by atoms with E-state index in [1.54, 1.807) is 0 Å². The second kappa shape index (κ2) is 7.38. The molecule has 156 valence electrons. The molecule has 6 rings (SSSR count). The summed E-state index contributed by atoms with van der Waals surface area (Å²) < 4.78 is 0. The third kappa shape index (κ3) is 3.52. The predicted molar refractivity (Wildman–Crippen MR) is 123 cm³/mol. The van der Waals surface area contributed by atoms with Gasteiger partial charge in [0.25, 0.3) is 5.91 Å². The molecule has 4 aromatic rings. The van der Waals surface area contributed by atoms with Gasteiger partial charge in [0.15, 0.2) is 0 Å². The summed E-state index contributed by atoms with van der Waals surface area (Å²) in [6.45, 7) is 1.80. The molecular weight excluding hydrogens is 386 g/mol. The molecule has 3 heterocycles. The monoisotopic (exact) mass is 411 g/mol. The SMILES string of the molecule is O=C(NC1CC1)c1cc(N2CCC(c3nc4ccccc4[nH]3)CC2)nc2ccccc12. The molecule has 1 aliphatic carbocycles. The van der Waals surface area contributed by atoms with E-state index in [0.717, 1.165) is 77.9 Å². The number of imidazole rings is 1. The van der Waals surface area contributed by atoms with E-state index in [-0.39, 0.29) is 5.91 Å². The average Bonchev–Trinajstić information content (AvgIpc) is 3.52. The zero-order valence-electron chi connectivity index (χ0n) is 17.3. The summed E-state index contributed by atoms with van der Waals surface area (Å²) >= 11 is 0. The molecule has 1 amide bonds. The number of piperidine rings is 1. The minimum Gasteiger partial charge on any atom is -0.357 e. The van der Waals surface area contributed by atoms with Crippen LogP contribution in [0.15, 0.2) is 54.6 Å². The Bertz CT molecular complexity index is 1230. The van der Waals surface area contributed by atoms with Gasteiger partial charge in [0.1, 0.15) is 11.6 Å². The van der Waals surface area contributed by atoms with Gasteiger partial charge in [0.2, 0.25) is 0 Å². The summed E-state index contributed by atoms with van der Waals surface area (Å²) in [7, 11) is 0. The van der Waals surface area contributed by atoms with Crippen molar-refractivity contribution < 1.29 is 4.79 Å². The Morgan fingerprint density at radius 3 is 2.45 bits per heavy atom. The van der Waals surface area contributed by atoms with Gasteiger partial charge in [-0.25, -0.2) is 9.97 Å². The van der Waals surface area contributed by atoms with E-state index in [1.165, 1.54) is 0 Å². The lowest BCUT2D eigenvalue weighted by Gasteiger charge is -2.32. The molecule has 1 aliphatic heterocycles. The van der Waals surface area contributed by atoms with Gasteiger partial charge in [-0.05, 0) is 49.9 Å². The van der Waals surface area contributed by atoms with Crippen molar-refractivity contribution in [3.63, 3.8) is 0 Å². The molecule has 0 bridgehead atoms. The van der Waals surface area contributed by atoms with Crippen molar-refractivity contribution in [2.75, 3.05) is 18.0 Å². The van der Waals surface area contributed by atoms with Crippen LogP contribution in [0.5, 0.6) is 0 Å². The summed E-state index contributed by atoms with van der Waals surface area (Å²) in [6.07, 6.45) is 4.18. The molecule has 2 aromatic carbocycles. The topological polar surface area (TPSA) is 73.9 Å². The maximum atomic E-state index is 12.9. The quantitative estimate of drug-likeness (QED) is 0.522. The van der Waals surface area contributed by atoms with Crippen LogP contribution in [0.25, 0.3) is 21.9 Å². The number of hydrogen-bond donors (Lipinski definition) is 2. The van der Waals surface area contributed by atoms with Crippen LogP contribution >= 0.6 is 0 Å². The van der Waals surface area contributed by atoms with Gasteiger partial charge in [-0.15, -0.1) is 0 Å². The lowest BCUT2D eigenvalue weighted by molar-refractivity contribution is 0.0952. The molecule has 0 spiro atoms. The fourth-order valence-corrected chi connectivity index (χ4v) is 4.55. The number of hydrogen-bond acceptors (Lipinski definition) is 4. The number of carbonyl (C=O) groups is 1. The molecule has 1 saturated heterocycles. The third-order valence-electron chi connectivity index (χ3n) is 6.47. The summed E-state index contributed by atoms with van der Waals surface area (Å²) in [5.74, 6) is 2.40. The van der Waals surface area contributed by atoms with Gasteiger partial charge >= 0.3 is 0 Å². The molecule has 2 fully saturated rings. The van der Waals surface area contributed by atoms with Crippen molar-refractivity contribution in [3.8, 4) is 0 Å². The van der Waals surface area contributed by atoms with Gasteiger partial charge in [-0.1, -0.05) is 30.3 Å². The number of aromatic nitrogens is 3. The van der Waals surface area contributed by atoms with Gasteiger partial charge in [-0.2, -0.15) is 0 Å². The summed E-state index contributed by atoms with van der Waals surface area (Å²) in [6, 6.07) is 18.4. The van der Waals surface area contributed by atoms with Crippen LogP contribution in [-0.4, -0.2) is 40.0 Å². The Hall–Kier alpha value is -3.41. The number of carbonyl (C=O) groups excluding carboxylic acids is 1. The van der Waals surface area contributed by atoms with Crippen LogP contribution in [0.4, 0.5) is 5.82 Å². The van der Waals surface area contributed by atoms with Crippen molar-refractivity contribution in [3.05, 3.63) is 66.0 Å². The lowest BCUT2D eigenvalue weighted by atomic mass is 9.96. The van der Waals surface area contributed by atoms with Crippen LogP contribution < -0.4 is 10.2 Å². The Morgan fingerprint density at radius 1 is 0.935 bits per heavy atom. The van der Waals surface area contributed by atoms with Crippen molar-refractivity contribution in [1.82, 2.24) is 20.3 Å². The number of rotatable bonds is 4. The zero-order valence-corrected chi connectivity index (χ0v) is 17.3. The van der Waals surface area contributed by atoms with Crippen LogP contribution in [-0.2, 0) is 0 Å². The maximum Gasteiger partial charge on any atom is 0.252 e. The number of benzene rings is 2. The van der Waals surface area contributed by atoms with Crippen molar-refractivity contribution in [2.45, 2.75) is 37.6 Å². The van der Waals surface area contributed by atoms with E-state index in [2.05, 4.69) is 27.3 Å². The van der Waals surface area contributed by atoms with Crippen LogP contribution in [0.2, 0.25) is 0 Å². The molecule has 2 aliphatic rings. The fraction of sp³-hybridized carbons (Fsp3) is 0.320. The van der Waals surface area contributed by atoms with E-state index in [4.69, 9.17) is 9.97 Å². The van der Waals surface area contributed by atoms with Gasteiger partial charge in [0, 0.05) is 30.4 Å². The summed E-state index contributed by atoms with van der Waals surface area (Å²) in [4.78, 5) is 28.4. The van der Waals surface area contributed by atoms with Crippen molar-refractivity contribution in [2.24, 2.45) is 0 Å². The largest absolute Gasteiger partial charge is 0.357 e. The molecule has 6 nitrogen and oxygen atoms in total. The molecule has 1 saturated carbocycles. The maximum absolute atomic E-state index is 12.9. The highest BCUT2D eigenvalue weighted by Crippen LogP contribution is 2.31. The first-order valence-electron chi connectivity index (χ1n) is 11.1. The average molecular weight is 412 g/mol. The first-order chi connectivity index (χ1) is 15.2. The van der Waals surface area contributed by atoms with Crippen LogP contribution in [0.1, 0.15) is 47.8 Å². The van der Waals surface area contributed by atoms with Gasteiger partial charge in [-0.3, -0.25) is 4.79 Å². The number of nitrogens with one attached hydrogen (secondary N) is 2. The Morgan fingerprint density at radius 2 is 1.68 bits per heavy atom. The summed E-state index contributed by atoms with van der Waals surface area (Å²) in [5, 5.41) is 4.05. The number of pyridine rings is 1. The highest BCUT2D eigenvalue weighted by atomic mass is 16.1. The number of nitrogens with zero attached hydrogens (tertiary/aromatic N) is 3. The predicted octanol–water partition coefficient (Wildman–Crippen LogP) is 4.39. The second-order valence-corrected chi connectivity index (χ2v) is 8.69. The van der Waals surface area contributed by atoms with Crippen LogP contribution in [0, 0.1) is 0 Å². The number of aromatic amines is 1. The number of fused-ring (bicyclic) bond motifs is 2. The number of para-hydroxylation sites is 3. The van der Waals surface area contributed by atoms with E-state index in [9.17, 15) is 4.79 Å².